The van der Waals surface area contributed by atoms with Crippen molar-refractivity contribution in [2.45, 2.75) is 6.43 Å². The molecule has 30 heavy (non-hydrogen) atoms. The van der Waals surface area contributed by atoms with Crippen molar-refractivity contribution in [2.75, 3.05) is 0 Å². The van der Waals surface area contributed by atoms with Crippen LogP contribution in [0.25, 0.3) is 16.9 Å². The highest BCUT2D eigenvalue weighted by molar-refractivity contribution is 5.99. The normalized spacial score (nSPS) is 11.8. The van der Waals surface area contributed by atoms with Gasteiger partial charge in [0.1, 0.15) is 11.3 Å². The third kappa shape index (κ3) is 3.72. The number of oxime groups is 1. The number of nitrogens with zero attached hydrogens (tertiary/aromatic N) is 4. The van der Waals surface area contributed by atoms with Gasteiger partial charge in [-0.1, -0.05) is 65.8 Å². The Balaban J connectivity index is 1.72. The Kier molecular flexibility index (Phi) is 5.17. The summed E-state index contributed by atoms with van der Waals surface area (Å²) < 4.78 is 28.1. The lowest BCUT2D eigenvalue weighted by Crippen LogP contribution is -2.15. The van der Waals surface area contributed by atoms with E-state index in [1.54, 1.807) is 60.7 Å². The SMILES string of the molecule is N/C(=N\OC(=O)c1cnn2c(C(F)F)cc(-c3ccccc3)nc12)c1ccccc1. The van der Waals surface area contributed by atoms with Crippen LogP contribution >= 0.6 is 0 Å². The molecule has 9 heteroatoms. The zero-order valence-electron chi connectivity index (χ0n) is 15.4. The predicted octanol–water partition coefficient (Wildman–Crippen LogP) is 3.81. The van der Waals surface area contributed by atoms with Crippen LogP contribution < -0.4 is 5.73 Å². The number of carbonyl (C=O) groups is 1. The number of amidine groups is 1. The van der Waals surface area contributed by atoms with E-state index in [0.717, 1.165) is 10.7 Å². The molecule has 0 atom stereocenters. The third-order valence-electron chi connectivity index (χ3n) is 4.31. The predicted molar refractivity (Wildman–Crippen MR) is 106 cm³/mol. The summed E-state index contributed by atoms with van der Waals surface area (Å²) in [5, 5.41) is 7.50. The molecule has 2 N–H and O–H groups in total. The van der Waals surface area contributed by atoms with Crippen molar-refractivity contribution in [2.24, 2.45) is 10.9 Å². The summed E-state index contributed by atoms with van der Waals surface area (Å²) >= 11 is 0. The molecular weight excluding hydrogens is 392 g/mol. The van der Waals surface area contributed by atoms with Crippen LogP contribution in [0.1, 0.15) is 28.0 Å². The molecule has 0 aliphatic rings. The molecule has 7 nitrogen and oxygen atoms in total. The first-order valence-electron chi connectivity index (χ1n) is 8.87. The minimum absolute atomic E-state index is 0.00775. The first kappa shape index (κ1) is 19.2. The Labute approximate surface area is 169 Å². The fourth-order valence-electron chi connectivity index (χ4n) is 2.84. The highest BCUT2D eigenvalue weighted by atomic mass is 19.3. The van der Waals surface area contributed by atoms with Crippen molar-refractivity contribution in [3.8, 4) is 11.3 Å². The maximum atomic E-state index is 13.6. The molecule has 0 aliphatic heterocycles. The van der Waals surface area contributed by atoms with Gasteiger partial charge in [-0.2, -0.15) is 5.10 Å². The van der Waals surface area contributed by atoms with E-state index in [2.05, 4.69) is 15.2 Å². The van der Waals surface area contributed by atoms with Crippen LogP contribution in [0.5, 0.6) is 0 Å². The number of alkyl halides is 2. The molecule has 2 aromatic carbocycles. The molecule has 0 amide bonds. The van der Waals surface area contributed by atoms with Crippen LogP contribution in [0.2, 0.25) is 0 Å². The van der Waals surface area contributed by atoms with Gasteiger partial charge in [0, 0.05) is 11.1 Å². The zero-order valence-corrected chi connectivity index (χ0v) is 15.4. The monoisotopic (exact) mass is 407 g/mol. The van der Waals surface area contributed by atoms with Crippen LogP contribution in [-0.4, -0.2) is 26.4 Å². The lowest BCUT2D eigenvalue weighted by molar-refractivity contribution is 0.0518. The third-order valence-corrected chi connectivity index (χ3v) is 4.31. The largest absolute Gasteiger partial charge is 0.380 e. The second kappa shape index (κ2) is 8.08. The number of hydrogen-bond acceptors (Lipinski definition) is 5. The van der Waals surface area contributed by atoms with E-state index in [1.807, 2.05) is 0 Å². The quantitative estimate of drug-likeness (QED) is 0.235. The average molecular weight is 407 g/mol. The lowest BCUT2D eigenvalue weighted by atomic mass is 10.1. The molecule has 0 fully saturated rings. The van der Waals surface area contributed by atoms with Crippen LogP contribution in [0.15, 0.2) is 78.1 Å². The number of benzene rings is 2. The van der Waals surface area contributed by atoms with E-state index < -0.39 is 18.1 Å². The van der Waals surface area contributed by atoms with Crippen molar-refractivity contribution in [3.05, 3.63) is 89.7 Å². The summed E-state index contributed by atoms with van der Waals surface area (Å²) in [5.74, 6) is -0.923. The van der Waals surface area contributed by atoms with Gasteiger partial charge in [0.2, 0.25) is 0 Å². The molecule has 4 aromatic rings. The number of halogens is 2. The minimum atomic E-state index is -2.83. The van der Waals surface area contributed by atoms with Gasteiger partial charge in [-0.15, -0.1) is 0 Å². The van der Waals surface area contributed by atoms with Crippen molar-refractivity contribution in [1.82, 2.24) is 14.6 Å². The van der Waals surface area contributed by atoms with Crippen LogP contribution in [0.3, 0.4) is 0 Å². The van der Waals surface area contributed by atoms with Crippen LogP contribution in [0, 0.1) is 0 Å². The molecule has 2 aromatic heterocycles. The van der Waals surface area contributed by atoms with Crippen molar-refractivity contribution in [3.63, 3.8) is 0 Å². The summed E-state index contributed by atoms with van der Waals surface area (Å²) in [6.45, 7) is 0. The fourth-order valence-corrected chi connectivity index (χ4v) is 2.84. The van der Waals surface area contributed by atoms with Gasteiger partial charge in [0.15, 0.2) is 11.5 Å². The second-order valence-corrected chi connectivity index (χ2v) is 6.25. The van der Waals surface area contributed by atoms with Gasteiger partial charge < -0.3 is 10.6 Å². The molecule has 2 heterocycles. The minimum Gasteiger partial charge on any atom is -0.380 e. The van der Waals surface area contributed by atoms with Crippen molar-refractivity contribution in [1.29, 1.82) is 0 Å². The Hall–Kier alpha value is -4.14. The number of nitrogens with two attached hydrogens (primary N) is 1. The number of hydrogen-bond donors (Lipinski definition) is 1. The number of carbonyl (C=O) groups excluding carboxylic acids is 1. The van der Waals surface area contributed by atoms with E-state index in [1.165, 1.54) is 6.07 Å². The molecule has 0 bridgehead atoms. The topological polar surface area (TPSA) is 94.9 Å². The smallest absolute Gasteiger partial charge is 0.371 e. The van der Waals surface area contributed by atoms with Gasteiger partial charge in [-0.3, -0.25) is 0 Å². The molecule has 4 rings (SSSR count). The first-order chi connectivity index (χ1) is 14.5. The Morgan fingerprint density at radius 3 is 2.40 bits per heavy atom. The fraction of sp³-hybridized carbons (Fsp3) is 0.0476. The molecule has 0 aliphatic carbocycles. The maximum Gasteiger partial charge on any atom is 0.371 e. The lowest BCUT2D eigenvalue weighted by Gasteiger charge is -2.08. The first-order valence-corrected chi connectivity index (χ1v) is 8.87. The number of rotatable bonds is 5. The summed E-state index contributed by atoms with van der Waals surface area (Å²) in [6, 6.07) is 18.7. The molecular formula is C21H15F2N5O2. The summed E-state index contributed by atoms with van der Waals surface area (Å²) in [5.41, 5.74) is 6.70. The Morgan fingerprint density at radius 1 is 1.07 bits per heavy atom. The Bertz CT molecular complexity index is 1220. The molecule has 0 saturated heterocycles. The number of fused-ring (bicyclic) bond motifs is 1. The van der Waals surface area contributed by atoms with Gasteiger partial charge in [-0.05, 0) is 6.07 Å². The van der Waals surface area contributed by atoms with Crippen LogP contribution in [-0.2, 0) is 4.84 Å². The van der Waals surface area contributed by atoms with E-state index >= 15 is 0 Å². The molecule has 0 radical (unpaired) electrons. The van der Waals surface area contributed by atoms with Gasteiger partial charge in [0.25, 0.3) is 6.43 Å². The Morgan fingerprint density at radius 2 is 1.73 bits per heavy atom. The van der Waals surface area contributed by atoms with E-state index in [4.69, 9.17) is 10.6 Å². The standard InChI is InChI=1S/C21H15F2N5O2/c22-18(23)17-11-16(13-7-3-1-4-8-13)26-20-15(12-25-28(17)20)21(29)30-27-19(24)14-9-5-2-6-10-14/h1-12,18H,(H2,24,27). The highest BCUT2D eigenvalue weighted by Gasteiger charge is 2.22. The maximum absolute atomic E-state index is 13.6. The van der Waals surface area contributed by atoms with E-state index in [-0.39, 0.29) is 22.7 Å². The molecule has 150 valence electrons. The molecule has 0 spiro atoms. The average Bonchev–Trinajstić information content (AvgIpc) is 3.21. The van der Waals surface area contributed by atoms with Gasteiger partial charge in [0.05, 0.1) is 11.9 Å². The van der Waals surface area contributed by atoms with Crippen molar-refractivity contribution >= 4 is 17.5 Å². The summed E-state index contributed by atoms with van der Waals surface area (Å²) in [7, 11) is 0. The van der Waals surface area contributed by atoms with Crippen LogP contribution in [0.4, 0.5) is 8.78 Å². The molecule has 0 saturated carbocycles. The zero-order chi connectivity index (χ0) is 21.1. The number of aromatic nitrogens is 3. The van der Waals surface area contributed by atoms with Crippen molar-refractivity contribution < 1.29 is 18.4 Å². The van der Waals surface area contributed by atoms with Gasteiger partial charge >= 0.3 is 5.97 Å². The van der Waals surface area contributed by atoms with Gasteiger partial charge in [-0.25, -0.2) is 23.1 Å². The van der Waals surface area contributed by atoms with E-state index in [9.17, 15) is 13.6 Å². The second-order valence-electron chi connectivity index (χ2n) is 6.25. The summed E-state index contributed by atoms with van der Waals surface area (Å²) in [4.78, 5) is 21.8. The van der Waals surface area contributed by atoms with E-state index in [0.29, 0.717) is 11.1 Å². The highest BCUT2D eigenvalue weighted by Crippen LogP contribution is 2.26. The summed E-state index contributed by atoms with van der Waals surface area (Å²) in [6.07, 6.45) is -1.71. The molecule has 0 unspecified atom stereocenters.